The van der Waals surface area contributed by atoms with Gasteiger partial charge < -0.3 is 0 Å². The Morgan fingerprint density at radius 2 is 1.90 bits per heavy atom. The normalized spacial score (nSPS) is 11.7. The van der Waals surface area contributed by atoms with Crippen molar-refractivity contribution in [1.29, 1.82) is 5.26 Å². The Kier molecular flexibility index (Phi) is 4.82. The number of Topliss-reactive ketones (excluding diaryl/α,β-unsaturated/α-hetero) is 1. The third kappa shape index (κ3) is 3.04. The summed E-state index contributed by atoms with van der Waals surface area (Å²) in [7, 11) is 0. The molecule has 0 aliphatic rings. The molecule has 100 valence electrons. The fourth-order valence-corrected chi connectivity index (χ4v) is 2.68. The smallest absolute Gasteiger partial charge is 0.185 e. The van der Waals surface area contributed by atoms with E-state index in [1.165, 1.54) is 6.07 Å². The van der Waals surface area contributed by atoms with Gasteiger partial charge in [0, 0.05) is 20.1 Å². The maximum atomic E-state index is 12.5. The molecule has 0 saturated carbocycles. The molecular formula is C15H8BrCl2NO. The molecule has 5 heteroatoms. The number of ketones is 1. The quantitative estimate of drug-likeness (QED) is 0.694. The van der Waals surface area contributed by atoms with Crippen LogP contribution in [-0.2, 0) is 0 Å². The van der Waals surface area contributed by atoms with Gasteiger partial charge in [0.2, 0.25) is 0 Å². The van der Waals surface area contributed by atoms with E-state index >= 15 is 0 Å². The summed E-state index contributed by atoms with van der Waals surface area (Å²) in [5, 5.41) is 10.1. The zero-order valence-corrected chi connectivity index (χ0v) is 13.2. The van der Waals surface area contributed by atoms with E-state index in [2.05, 4.69) is 15.9 Å². The van der Waals surface area contributed by atoms with E-state index in [4.69, 9.17) is 23.2 Å². The Morgan fingerprint density at radius 3 is 2.55 bits per heavy atom. The van der Waals surface area contributed by atoms with Gasteiger partial charge in [0.15, 0.2) is 5.78 Å². The van der Waals surface area contributed by atoms with Crippen LogP contribution in [0.3, 0.4) is 0 Å². The average Bonchev–Trinajstić information content (AvgIpc) is 2.44. The Bertz CT molecular complexity index is 709. The molecule has 0 aliphatic carbocycles. The minimum Gasteiger partial charge on any atom is -0.292 e. The van der Waals surface area contributed by atoms with E-state index in [1.54, 1.807) is 36.4 Å². The van der Waals surface area contributed by atoms with E-state index in [-0.39, 0.29) is 5.78 Å². The van der Waals surface area contributed by atoms with E-state index in [0.29, 0.717) is 25.6 Å². The third-order valence-corrected chi connectivity index (χ3v) is 4.07. The third-order valence-electron chi connectivity index (χ3n) is 2.80. The number of carbonyl (C=O) groups excluding carboxylic acids is 1. The highest BCUT2D eigenvalue weighted by Gasteiger charge is 2.25. The summed E-state index contributed by atoms with van der Waals surface area (Å²) in [6.45, 7) is 0. The first-order valence-electron chi connectivity index (χ1n) is 5.68. The van der Waals surface area contributed by atoms with Gasteiger partial charge in [-0.05, 0) is 29.8 Å². The van der Waals surface area contributed by atoms with Crippen LogP contribution < -0.4 is 0 Å². The first kappa shape index (κ1) is 15.1. The van der Waals surface area contributed by atoms with Crippen molar-refractivity contribution < 1.29 is 4.79 Å². The van der Waals surface area contributed by atoms with Crippen LogP contribution in [0.2, 0.25) is 10.0 Å². The van der Waals surface area contributed by atoms with Crippen LogP contribution in [0.4, 0.5) is 0 Å². The molecule has 0 N–H and O–H groups in total. The Morgan fingerprint density at radius 1 is 1.20 bits per heavy atom. The van der Waals surface area contributed by atoms with Crippen LogP contribution in [0.1, 0.15) is 21.8 Å². The molecule has 1 atom stereocenters. The summed E-state index contributed by atoms with van der Waals surface area (Å²) in [5.41, 5.74) is 0.859. The molecule has 0 radical (unpaired) electrons. The van der Waals surface area contributed by atoms with Crippen LogP contribution >= 0.6 is 39.1 Å². The fraction of sp³-hybridized carbons (Fsp3) is 0.0667. The molecule has 2 nitrogen and oxygen atoms in total. The van der Waals surface area contributed by atoms with Gasteiger partial charge in [0.1, 0.15) is 5.92 Å². The van der Waals surface area contributed by atoms with E-state index in [1.807, 2.05) is 6.07 Å². The van der Waals surface area contributed by atoms with Gasteiger partial charge in [0.05, 0.1) is 6.07 Å². The first-order valence-corrected chi connectivity index (χ1v) is 7.23. The van der Waals surface area contributed by atoms with Crippen LogP contribution in [0.25, 0.3) is 0 Å². The molecule has 0 spiro atoms. The highest BCUT2D eigenvalue weighted by molar-refractivity contribution is 9.10. The predicted octanol–water partition coefficient (Wildman–Crippen LogP) is 5.25. The highest BCUT2D eigenvalue weighted by atomic mass is 79.9. The monoisotopic (exact) mass is 367 g/mol. The molecule has 0 fully saturated rings. The molecule has 0 aliphatic heterocycles. The van der Waals surface area contributed by atoms with Gasteiger partial charge >= 0.3 is 0 Å². The van der Waals surface area contributed by atoms with Gasteiger partial charge in [-0.2, -0.15) is 5.26 Å². The molecule has 2 aromatic carbocycles. The Hall–Kier alpha value is -1.34. The second-order valence-electron chi connectivity index (χ2n) is 4.07. The Balaban J connectivity index is 2.48. The van der Waals surface area contributed by atoms with Crippen molar-refractivity contribution in [2.24, 2.45) is 0 Å². The van der Waals surface area contributed by atoms with E-state index < -0.39 is 5.92 Å². The predicted molar refractivity (Wildman–Crippen MR) is 83.3 cm³/mol. The molecule has 20 heavy (non-hydrogen) atoms. The summed E-state index contributed by atoms with van der Waals surface area (Å²) in [4.78, 5) is 12.5. The van der Waals surface area contributed by atoms with Gasteiger partial charge in [-0.25, -0.2) is 0 Å². The van der Waals surface area contributed by atoms with Crippen LogP contribution in [-0.4, -0.2) is 5.78 Å². The summed E-state index contributed by atoms with van der Waals surface area (Å²) in [5.74, 6) is -1.30. The highest BCUT2D eigenvalue weighted by Crippen LogP contribution is 2.30. The number of hydrogen-bond donors (Lipinski definition) is 0. The van der Waals surface area contributed by atoms with Crippen molar-refractivity contribution in [3.63, 3.8) is 0 Å². The molecular weight excluding hydrogens is 361 g/mol. The van der Waals surface area contributed by atoms with Crippen molar-refractivity contribution in [2.75, 3.05) is 0 Å². The van der Waals surface area contributed by atoms with Crippen molar-refractivity contribution in [3.05, 3.63) is 68.1 Å². The number of hydrogen-bond acceptors (Lipinski definition) is 2. The number of nitrogens with zero attached hydrogens (tertiary/aromatic N) is 1. The first-order chi connectivity index (χ1) is 9.54. The molecule has 2 aromatic rings. The molecule has 0 amide bonds. The molecule has 0 heterocycles. The van der Waals surface area contributed by atoms with E-state index in [9.17, 15) is 10.1 Å². The second-order valence-corrected chi connectivity index (χ2v) is 5.77. The summed E-state index contributed by atoms with van der Waals surface area (Å²) in [6, 6.07) is 13.7. The van der Waals surface area contributed by atoms with Crippen molar-refractivity contribution in [2.45, 2.75) is 5.92 Å². The van der Waals surface area contributed by atoms with E-state index in [0.717, 1.165) is 0 Å². The van der Waals surface area contributed by atoms with Gasteiger partial charge in [-0.1, -0.05) is 57.3 Å². The summed E-state index contributed by atoms with van der Waals surface area (Å²) >= 11 is 15.3. The maximum absolute atomic E-state index is 12.5. The lowest BCUT2D eigenvalue weighted by Gasteiger charge is -2.11. The number of carbonyl (C=O) groups is 1. The lowest BCUT2D eigenvalue weighted by Crippen LogP contribution is -2.12. The molecule has 1 unspecified atom stereocenters. The molecule has 0 bridgehead atoms. The van der Waals surface area contributed by atoms with Crippen LogP contribution in [0, 0.1) is 11.3 Å². The number of halogens is 3. The maximum Gasteiger partial charge on any atom is 0.185 e. The lowest BCUT2D eigenvalue weighted by atomic mass is 9.92. The number of benzene rings is 2. The van der Waals surface area contributed by atoms with Gasteiger partial charge in [-0.15, -0.1) is 0 Å². The zero-order valence-electron chi connectivity index (χ0n) is 10.1. The Labute approximate surface area is 135 Å². The summed E-state index contributed by atoms with van der Waals surface area (Å²) in [6.07, 6.45) is 0. The topological polar surface area (TPSA) is 40.9 Å². The van der Waals surface area contributed by atoms with Gasteiger partial charge in [0.25, 0.3) is 0 Å². The van der Waals surface area contributed by atoms with Crippen molar-refractivity contribution in [3.8, 4) is 6.07 Å². The van der Waals surface area contributed by atoms with Gasteiger partial charge in [-0.3, -0.25) is 4.79 Å². The largest absolute Gasteiger partial charge is 0.292 e. The standard InChI is InChI=1S/C15H8BrCl2NO/c16-13-6-5-9(17)7-11(13)15(20)12(8-19)10-3-1-2-4-14(10)18/h1-7,12H. The second kappa shape index (κ2) is 6.41. The fourth-order valence-electron chi connectivity index (χ4n) is 1.82. The SMILES string of the molecule is N#CC(C(=O)c1cc(Cl)ccc1Br)c1ccccc1Cl. The molecule has 0 aromatic heterocycles. The minimum absolute atomic E-state index is 0.338. The average molecular weight is 369 g/mol. The van der Waals surface area contributed by atoms with Crippen LogP contribution in [0.5, 0.6) is 0 Å². The number of nitriles is 1. The minimum atomic E-state index is -0.960. The van der Waals surface area contributed by atoms with Crippen molar-refractivity contribution in [1.82, 2.24) is 0 Å². The van der Waals surface area contributed by atoms with Crippen molar-refractivity contribution >= 4 is 44.9 Å². The van der Waals surface area contributed by atoms with Crippen LogP contribution in [0.15, 0.2) is 46.9 Å². The number of rotatable bonds is 3. The molecule has 0 saturated heterocycles. The zero-order chi connectivity index (χ0) is 14.7. The lowest BCUT2D eigenvalue weighted by molar-refractivity contribution is 0.0978. The summed E-state index contributed by atoms with van der Waals surface area (Å²) < 4.78 is 0.596. The molecule has 2 rings (SSSR count).